The lowest BCUT2D eigenvalue weighted by Crippen LogP contribution is -2.36. The highest BCUT2D eigenvalue weighted by atomic mass is 79.9. The summed E-state index contributed by atoms with van der Waals surface area (Å²) in [7, 11) is 2.01. The molecule has 0 aromatic heterocycles. The molecule has 1 aromatic rings. The topological polar surface area (TPSA) is 30.5 Å². The van der Waals surface area contributed by atoms with Crippen molar-refractivity contribution < 1.29 is 9.47 Å². The van der Waals surface area contributed by atoms with E-state index in [9.17, 15) is 0 Å². The fourth-order valence-corrected chi connectivity index (χ4v) is 3.48. The Morgan fingerprint density at radius 1 is 1.42 bits per heavy atom. The van der Waals surface area contributed by atoms with E-state index in [0.29, 0.717) is 12.7 Å². The molecule has 1 fully saturated rings. The quantitative estimate of drug-likeness (QED) is 0.903. The first-order chi connectivity index (χ1) is 9.26. The van der Waals surface area contributed by atoms with Gasteiger partial charge in [-0.1, -0.05) is 15.9 Å². The monoisotopic (exact) mass is 325 g/mol. The Hall–Kier alpha value is -0.580. The standard InChI is InChI=1S/C15H20BrNO2/c1-17-8-10-4-14(5-10)19-9-12-7-13(16)6-11-2-3-18-15(11)12/h6-7,10,14,17H,2-5,8-9H2,1H3. The first-order valence-electron chi connectivity index (χ1n) is 6.96. The number of hydrogen-bond donors (Lipinski definition) is 1. The smallest absolute Gasteiger partial charge is 0.128 e. The summed E-state index contributed by atoms with van der Waals surface area (Å²) in [5, 5.41) is 3.22. The number of ether oxygens (including phenoxy) is 2. The van der Waals surface area contributed by atoms with Crippen LogP contribution in [0, 0.1) is 5.92 Å². The van der Waals surface area contributed by atoms with Gasteiger partial charge in [-0.2, -0.15) is 0 Å². The van der Waals surface area contributed by atoms with Crippen LogP contribution < -0.4 is 10.1 Å². The Morgan fingerprint density at radius 2 is 2.26 bits per heavy atom. The molecule has 0 bridgehead atoms. The Labute approximate surface area is 122 Å². The van der Waals surface area contributed by atoms with E-state index in [1.165, 1.54) is 24.0 Å². The van der Waals surface area contributed by atoms with Gasteiger partial charge in [0.15, 0.2) is 0 Å². The molecule has 1 aromatic carbocycles. The molecule has 19 heavy (non-hydrogen) atoms. The average Bonchev–Trinajstić information content (AvgIpc) is 2.79. The Balaban J connectivity index is 1.56. The molecule has 0 radical (unpaired) electrons. The molecular formula is C15H20BrNO2. The van der Waals surface area contributed by atoms with E-state index < -0.39 is 0 Å². The lowest BCUT2D eigenvalue weighted by molar-refractivity contribution is -0.0396. The molecule has 0 spiro atoms. The number of benzene rings is 1. The third-order valence-electron chi connectivity index (χ3n) is 3.99. The van der Waals surface area contributed by atoms with Crippen molar-refractivity contribution in [1.82, 2.24) is 5.32 Å². The maximum atomic E-state index is 5.99. The molecule has 1 aliphatic heterocycles. The van der Waals surface area contributed by atoms with Crippen LogP contribution in [0.15, 0.2) is 16.6 Å². The first-order valence-corrected chi connectivity index (χ1v) is 7.76. The summed E-state index contributed by atoms with van der Waals surface area (Å²) in [6, 6.07) is 4.27. The minimum atomic E-state index is 0.425. The summed E-state index contributed by atoms with van der Waals surface area (Å²) in [4.78, 5) is 0. The lowest BCUT2D eigenvalue weighted by Gasteiger charge is -2.35. The summed E-state index contributed by atoms with van der Waals surface area (Å²) in [5.41, 5.74) is 2.48. The molecule has 1 N–H and O–H groups in total. The van der Waals surface area contributed by atoms with Crippen LogP contribution in [-0.4, -0.2) is 26.3 Å². The minimum Gasteiger partial charge on any atom is -0.493 e. The van der Waals surface area contributed by atoms with Gasteiger partial charge in [0.05, 0.1) is 19.3 Å². The number of hydrogen-bond acceptors (Lipinski definition) is 3. The van der Waals surface area contributed by atoms with Crippen LogP contribution in [0.25, 0.3) is 0 Å². The second-order valence-corrected chi connectivity index (χ2v) is 6.40. The molecule has 0 unspecified atom stereocenters. The highest BCUT2D eigenvalue weighted by Crippen LogP contribution is 2.35. The average molecular weight is 326 g/mol. The maximum Gasteiger partial charge on any atom is 0.128 e. The molecule has 4 heteroatoms. The molecule has 2 aliphatic rings. The van der Waals surface area contributed by atoms with Crippen LogP contribution in [0.2, 0.25) is 0 Å². The van der Waals surface area contributed by atoms with Crippen molar-refractivity contribution in [3.05, 3.63) is 27.7 Å². The van der Waals surface area contributed by atoms with Crippen molar-refractivity contribution in [2.24, 2.45) is 5.92 Å². The zero-order valence-electron chi connectivity index (χ0n) is 11.2. The lowest BCUT2D eigenvalue weighted by atomic mass is 9.82. The molecular weight excluding hydrogens is 306 g/mol. The number of fused-ring (bicyclic) bond motifs is 1. The molecule has 0 amide bonds. The van der Waals surface area contributed by atoms with Gasteiger partial charge in [0.1, 0.15) is 5.75 Å². The van der Waals surface area contributed by atoms with E-state index in [-0.39, 0.29) is 0 Å². The third-order valence-corrected chi connectivity index (χ3v) is 4.44. The highest BCUT2D eigenvalue weighted by molar-refractivity contribution is 9.10. The molecule has 1 aliphatic carbocycles. The Bertz CT molecular complexity index is 458. The summed E-state index contributed by atoms with van der Waals surface area (Å²) in [6.07, 6.45) is 3.79. The van der Waals surface area contributed by atoms with Gasteiger partial charge in [-0.3, -0.25) is 0 Å². The third kappa shape index (κ3) is 2.96. The maximum absolute atomic E-state index is 5.99. The molecule has 0 atom stereocenters. The fraction of sp³-hybridized carbons (Fsp3) is 0.600. The normalized spacial score (nSPS) is 24.7. The van der Waals surface area contributed by atoms with Gasteiger partial charge in [-0.15, -0.1) is 0 Å². The fourth-order valence-electron chi connectivity index (χ4n) is 2.93. The van der Waals surface area contributed by atoms with Gasteiger partial charge >= 0.3 is 0 Å². The van der Waals surface area contributed by atoms with Crippen molar-refractivity contribution in [2.45, 2.75) is 32.0 Å². The zero-order chi connectivity index (χ0) is 13.2. The Kier molecular flexibility index (Phi) is 4.10. The number of halogens is 1. The molecule has 1 heterocycles. The SMILES string of the molecule is CNCC1CC(OCc2cc(Br)cc3c2OCC3)C1. The number of rotatable bonds is 5. The summed E-state index contributed by atoms with van der Waals surface area (Å²) in [5.74, 6) is 1.84. The molecule has 1 saturated carbocycles. The summed E-state index contributed by atoms with van der Waals surface area (Å²) >= 11 is 3.56. The van der Waals surface area contributed by atoms with Gasteiger partial charge < -0.3 is 14.8 Å². The largest absolute Gasteiger partial charge is 0.493 e. The zero-order valence-corrected chi connectivity index (χ0v) is 12.8. The van der Waals surface area contributed by atoms with Gasteiger partial charge in [-0.05, 0) is 50.0 Å². The van der Waals surface area contributed by atoms with E-state index in [2.05, 4.69) is 33.4 Å². The highest BCUT2D eigenvalue weighted by Gasteiger charge is 2.29. The van der Waals surface area contributed by atoms with Crippen molar-refractivity contribution >= 4 is 15.9 Å². The number of nitrogens with one attached hydrogen (secondary N) is 1. The van der Waals surface area contributed by atoms with Gasteiger partial charge in [-0.25, -0.2) is 0 Å². The van der Waals surface area contributed by atoms with Crippen LogP contribution in [0.3, 0.4) is 0 Å². The van der Waals surface area contributed by atoms with E-state index in [1.54, 1.807) is 0 Å². The van der Waals surface area contributed by atoms with Crippen molar-refractivity contribution in [3.63, 3.8) is 0 Å². The van der Waals surface area contributed by atoms with Gasteiger partial charge in [0.2, 0.25) is 0 Å². The van der Waals surface area contributed by atoms with Crippen LogP contribution in [0.4, 0.5) is 0 Å². The second-order valence-electron chi connectivity index (χ2n) is 5.48. The van der Waals surface area contributed by atoms with E-state index in [1.807, 2.05) is 7.05 Å². The minimum absolute atomic E-state index is 0.425. The summed E-state index contributed by atoms with van der Waals surface area (Å²) < 4.78 is 12.8. The van der Waals surface area contributed by atoms with Crippen molar-refractivity contribution in [3.8, 4) is 5.75 Å². The van der Waals surface area contributed by atoms with Crippen LogP contribution in [0.1, 0.15) is 24.0 Å². The van der Waals surface area contributed by atoms with Crippen LogP contribution in [0.5, 0.6) is 5.75 Å². The van der Waals surface area contributed by atoms with Crippen LogP contribution in [-0.2, 0) is 17.8 Å². The molecule has 3 nitrogen and oxygen atoms in total. The first kappa shape index (κ1) is 13.4. The van der Waals surface area contributed by atoms with E-state index >= 15 is 0 Å². The van der Waals surface area contributed by atoms with Crippen LogP contribution >= 0.6 is 15.9 Å². The van der Waals surface area contributed by atoms with E-state index in [4.69, 9.17) is 9.47 Å². The predicted octanol–water partition coefficient (Wildman–Crippen LogP) is 2.90. The van der Waals surface area contributed by atoms with Gasteiger partial charge in [0.25, 0.3) is 0 Å². The van der Waals surface area contributed by atoms with Gasteiger partial charge in [0, 0.05) is 16.5 Å². The molecule has 104 valence electrons. The second kappa shape index (κ2) is 5.81. The molecule has 0 saturated heterocycles. The molecule has 3 rings (SSSR count). The van der Waals surface area contributed by atoms with E-state index in [0.717, 1.165) is 35.7 Å². The summed E-state index contributed by atoms with van der Waals surface area (Å²) in [6.45, 7) is 2.57. The predicted molar refractivity (Wildman–Crippen MR) is 78.6 cm³/mol. The van der Waals surface area contributed by atoms with Crippen molar-refractivity contribution in [2.75, 3.05) is 20.2 Å². The Morgan fingerprint density at radius 3 is 3.05 bits per heavy atom. The van der Waals surface area contributed by atoms with Crippen molar-refractivity contribution in [1.29, 1.82) is 0 Å².